The van der Waals surface area contributed by atoms with Gasteiger partial charge in [-0.3, -0.25) is 0 Å². The molecule has 0 aliphatic carbocycles. The molecule has 1 N–H and O–H groups in total. The van der Waals surface area contributed by atoms with Crippen LogP contribution in [0.1, 0.15) is 11.1 Å². The molecule has 3 aromatic rings. The average molecular weight is 224 g/mol. The van der Waals surface area contributed by atoms with E-state index in [4.69, 9.17) is 0 Å². The summed E-state index contributed by atoms with van der Waals surface area (Å²) in [5.74, 6) is 0.176. The Bertz CT molecular complexity index is 735. The molecule has 0 aliphatic rings. The first kappa shape index (κ1) is 10.0. The minimum Gasteiger partial charge on any atom is -0.506 e. The summed E-state index contributed by atoms with van der Waals surface area (Å²) in [6.45, 7) is 4.11. The van der Waals surface area contributed by atoms with Gasteiger partial charge in [0.05, 0.1) is 16.6 Å². The van der Waals surface area contributed by atoms with Crippen LogP contribution in [0.5, 0.6) is 5.75 Å². The number of nitrogens with zero attached hydrogens (tertiary/aromatic N) is 2. The van der Waals surface area contributed by atoms with Crippen LogP contribution >= 0.6 is 0 Å². The van der Waals surface area contributed by atoms with Gasteiger partial charge in [-0.15, -0.1) is 0 Å². The van der Waals surface area contributed by atoms with E-state index in [-0.39, 0.29) is 5.75 Å². The Labute approximate surface area is 98.8 Å². The number of rotatable bonds is 0. The summed E-state index contributed by atoms with van der Waals surface area (Å²) >= 11 is 0. The molecule has 0 fully saturated rings. The number of phenolic OH excluding ortho intramolecular Hbond substituents is 1. The summed E-state index contributed by atoms with van der Waals surface area (Å²) in [4.78, 5) is 8.98. The largest absolute Gasteiger partial charge is 0.506 e. The van der Waals surface area contributed by atoms with Gasteiger partial charge in [0.25, 0.3) is 0 Å². The third-order valence-corrected chi connectivity index (χ3v) is 3.06. The number of aryl methyl sites for hydroxylation is 2. The number of phenols is 1. The van der Waals surface area contributed by atoms with Crippen molar-refractivity contribution < 1.29 is 5.11 Å². The number of benzene rings is 2. The van der Waals surface area contributed by atoms with Crippen molar-refractivity contribution in [3.05, 3.63) is 41.5 Å². The topological polar surface area (TPSA) is 46.0 Å². The highest BCUT2D eigenvalue weighted by molar-refractivity contribution is 5.89. The van der Waals surface area contributed by atoms with Gasteiger partial charge in [0.1, 0.15) is 11.3 Å². The third-order valence-electron chi connectivity index (χ3n) is 3.06. The van der Waals surface area contributed by atoms with E-state index in [1.807, 2.05) is 25.1 Å². The van der Waals surface area contributed by atoms with Crippen molar-refractivity contribution >= 4 is 22.1 Å². The van der Waals surface area contributed by atoms with Gasteiger partial charge in [-0.05, 0) is 49.2 Å². The lowest BCUT2D eigenvalue weighted by Crippen LogP contribution is -1.90. The highest BCUT2D eigenvalue weighted by Crippen LogP contribution is 2.24. The normalized spacial score (nSPS) is 11.2. The number of hydrogen-bond acceptors (Lipinski definition) is 3. The Kier molecular flexibility index (Phi) is 2.01. The van der Waals surface area contributed by atoms with Crippen molar-refractivity contribution in [2.24, 2.45) is 0 Å². The van der Waals surface area contributed by atoms with E-state index in [1.54, 1.807) is 12.1 Å². The maximum absolute atomic E-state index is 9.75. The van der Waals surface area contributed by atoms with Crippen LogP contribution in [0, 0.1) is 13.8 Å². The lowest BCUT2D eigenvalue weighted by molar-refractivity contribution is 0.480. The summed E-state index contributed by atoms with van der Waals surface area (Å²) in [5.41, 5.74) is 5.35. The van der Waals surface area contributed by atoms with Crippen LogP contribution in [0.25, 0.3) is 22.1 Å². The van der Waals surface area contributed by atoms with Crippen molar-refractivity contribution in [2.75, 3.05) is 0 Å². The van der Waals surface area contributed by atoms with Crippen LogP contribution < -0.4 is 0 Å². The summed E-state index contributed by atoms with van der Waals surface area (Å²) < 4.78 is 0. The molecule has 17 heavy (non-hydrogen) atoms. The van der Waals surface area contributed by atoms with Gasteiger partial charge in [0.15, 0.2) is 0 Å². The van der Waals surface area contributed by atoms with Crippen LogP contribution in [0.2, 0.25) is 0 Å². The maximum atomic E-state index is 9.75. The van der Waals surface area contributed by atoms with E-state index >= 15 is 0 Å². The molecule has 84 valence electrons. The van der Waals surface area contributed by atoms with Crippen LogP contribution in [0.3, 0.4) is 0 Å². The zero-order valence-electron chi connectivity index (χ0n) is 9.73. The fourth-order valence-corrected chi connectivity index (χ4v) is 1.94. The van der Waals surface area contributed by atoms with E-state index in [1.165, 1.54) is 11.1 Å². The van der Waals surface area contributed by atoms with Gasteiger partial charge >= 0.3 is 0 Å². The molecule has 3 rings (SSSR count). The predicted molar refractivity (Wildman–Crippen MR) is 68.2 cm³/mol. The lowest BCUT2D eigenvalue weighted by Gasteiger charge is -2.05. The molecule has 0 atom stereocenters. The van der Waals surface area contributed by atoms with Crippen molar-refractivity contribution in [1.82, 2.24) is 9.97 Å². The van der Waals surface area contributed by atoms with E-state index in [2.05, 4.69) is 16.9 Å². The Morgan fingerprint density at radius 1 is 0.882 bits per heavy atom. The van der Waals surface area contributed by atoms with Crippen LogP contribution in [-0.4, -0.2) is 15.1 Å². The number of fused-ring (bicyclic) bond motifs is 2. The van der Waals surface area contributed by atoms with Gasteiger partial charge < -0.3 is 5.11 Å². The van der Waals surface area contributed by atoms with E-state index in [0.717, 1.165) is 16.6 Å². The van der Waals surface area contributed by atoms with E-state index in [9.17, 15) is 5.11 Å². The standard InChI is InChI=1S/C14H12N2O/c1-8-6-11-12(7-9(8)2)16-14-10(15-11)4-3-5-13(14)17/h3-7,17H,1-2H3. The maximum Gasteiger partial charge on any atom is 0.143 e. The number of para-hydroxylation sites is 1. The molecule has 3 heteroatoms. The molecule has 0 spiro atoms. The Balaban J connectivity index is 2.48. The minimum atomic E-state index is 0.176. The second-order valence-corrected chi connectivity index (χ2v) is 4.29. The Morgan fingerprint density at radius 3 is 2.24 bits per heavy atom. The zero-order valence-corrected chi connectivity index (χ0v) is 9.73. The van der Waals surface area contributed by atoms with E-state index in [0.29, 0.717) is 5.52 Å². The van der Waals surface area contributed by atoms with Gasteiger partial charge in [0, 0.05) is 0 Å². The summed E-state index contributed by atoms with van der Waals surface area (Å²) in [7, 11) is 0. The Morgan fingerprint density at radius 2 is 1.53 bits per heavy atom. The summed E-state index contributed by atoms with van der Waals surface area (Å²) in [5, 5.41) is 9.75. The number of hydrogen-bond donors (Lipinski definition) is 1. The van der Waals surface area contributed by atoms with Crippen LogP contribution in [0.4, 0.5) is 0 Å². The van der Waals surface area contributed by atoms with Gasteiger partial charge in [-0.2, -0.15) is 0 Å². The first-order chi connectivity index (χ1) is 8.15. The van der Waals surface area contributed by atoms with Crippen LogP contribution in [0.15, 0.2) is 30.3 Å². The molecule has 1 heterocycles. The SMILES string of the molecule is Cc1cc2nc3cccc(O)c3nc2cc1C. The smallest absolute Gasteiger partial charge is 0.143 e. The Hall–Kier alpha value is -2.16. The fraction of sp³-hybridized carbons (Fsp3) is 0.143. The summed E-state index contributed by atoms with van der Waals surface area (Å²) in [6.07, 6.45) is 0. The van der Waals surface area contributed by atoms with E-state index < -0.39 is 0 Å². The molecule has 0 unspecified atom stereocenters. The van der Waals surface area contributed by atoms with Crippen molar-refractivity contribution in [1.29, 1.82) is 0 Å². The molecule has 0 bridgehead atoms. The average Bonchev–Trinajstić information content (AvgIpc) is 2.29. The minimum absolute atomic E-state index is 0.176. The molecular weight excluding hydrogens is 212 g/mol. The first-order valence-corrected chi connectivity index (χ1v) is 5.52. The second kappa shape index (κ2) is 3.42. The molecule has 1 aromatic heterocycles. The monoisotopic (exact) mass is 224 g/mol. The summed E-state index contributed by atoms with van der Waals surface area (Å²) in [6, 6.07) is 9.30. The van der Waals surface area contributed by atoms with Gasteiger partial charge in [-0.1, -0.05) is 6.07 Å². The van der Waals surface area contributed by atoms with Crippen molar-refractivity contribution in [2.45, 2.75) is 13.8 Å². The fourth-order valence-electron chi connectivity index (χ4n) is 1.94. The highest BCUT2D eigenvalue weighted by Gasteiger charge is 2.06. The molecule has 0 aliphatic heterocycles. The van der Waals surface area contributed by atoms with Crippen LogP contribution in [-0.2, 0) is 0 Å². The van der Waals surface area contributed by atoms with Crippen molar-refractivity contribution in [3.63, 3.8) is 0 Å². The molecule has 0 saturated heterocycles. The molecule has 0 saturated carbocycles. The number of aromatic nitrogens is 2. The quantitative estimate of drug-likeness (QED) is 0.597. The zero-order chi connectivity index (χ0) is 12.0. The third kappa shape index (κ3) is 1.51. The first-order valence-electron chi connectivity index (χ1n) is 5.52. The lowest BCUT2D eigenvalue weighted by atomic mass is 10.1. The van der Waals surface area contributed by atoms with Crippen molar-refractivity contribution in [3.8, 4) is 5.75 Å². The predicted octanol–water partition coefficient (Wildman–Crippen LogP) is 3.11. The molecule has 0 amide bonds. The van der Waals surface area contributed by atoms with Gasteiger partial charge in [0.2, 0.25) is 0 Å². The molecule has 2 aromatic carbocycles. The molecule has 0 radical (unpaired) electrons. The van der Waals surface area contributed by atoms with Gasteiger partial charge in [-0.25, -0.2) is 9.97 Å². The highest BCUT2D eigenvalue weighted by atomic mass is 16.3. The molecular formula is C14H12N2O. The number of aromatic hydroxyl groups is 1. The molecule has 3 nitrogen and oxygen atoms in total. The second-order valence-electron chi connectivity index (χ2n) is 4.29.